The zero-order valence-corrected chi connectivity index (χ0v) is 16.6. The second kappa shape index (κ2) is 9.09. The van der Waals surface area contributed by atoms with Gasteiger partial charge in [0.05, 0.1) is 13.7 Å². The number of halogens is 2. The molecule has 0 bridgehead atoms. The van der Waals surface area contributed by atoms with E-state index in [0.717, 1.165) is 39.4 Å². The molecule has 0 radical (unpaired) electrons. The van der Waals surface area contributed by atoms with Crippen molar-refractivity contribution in [3.05, 3.63) is 76.0 Å². The standard InChI is InChI=1S/C20H20BrNO2.ClH/c1-14-11-15(7-9-18(14)21)20-10-8-17(24-20)13-22-12-16-5-3-4-6-19(16)23-2;/h3-11,22H,12-13H2,1-2H3;1H. The molecule has 3 aromatic rings. The SMILES string of the molecule is COc1ccccc1CNCc1ccc(-c2ccc(Br)c(C)c2)o1.Cl. The number of rotatable bonds is 6. The Morgan fingerprint density at radius 2 is 1.84 bits per heavy atom. The van der Waals surface area contributed by atoms with E-state index < -0.39 is 0 Å². The van der Waals surface area contributed by atoms with Crippen molar-refractivity contribution in [1.82, 2.24) is 5.32 Å². The van der Waals surface area contributed by atoms with Gasteiger partial charge in [-0.3, -0.25) is 0 Å². The third kappa shape index (κ3) is 4.88. The maximum Gasteiger partial charge on any atom is 0.134 e. The van der Waals surface area contributed by atoms with Crippen LogP contribution in [0.2, 0.25) is 0 Å². The number of nitrogens with one attached hydrogen (secondary N) is 1. The van der Waals surface area contributed by atoms with Crippen LogP contribution in [0.1, 0.15) is 16.9 Å². The molecule has 0 aliphatic carbocycles. The van der Waals surface area contributed by atoms with Gasteiger partial charge in [0.2, 0.25) is 0 Å². The molecule has 0 amide bonds. The first-order chi connectivity index (χ1) is 11.7. The lowest BCUT2D eigenvalue weighted by atomic mass is 10.1. The molecule has 1 N–H and O–H groups in total. The van der Waals surface area contributed by atoms with Gasteiger partial charge in [-0.25, -0.2) is 0 Å². The van der Waals surface area contributed by atoms with E-state index in [1.54, 1.807) is 7.11 Å². The highest BCUT2D eigenvalue weighted by Gasteiger charge is 2.07. The molecule has 0 aliphatic heterocycles. The highest BCUT2D eigenvalue weighted by molar-refractivity contribution is 9.10. The van der Waals surface area contributed by atoms with Gasteiger partial charge in [0.25, 0.3) is 0 Å². The molecule has 1 heterocycles. The number of ether oxygens (including phenoxy) is 1. The normalized spacial score (nSPS) is 10.4. The van der Waals surface area contributed by atoms with Gasteiger partial charge < -0.3 is 14.5 Å². The Morgan fingerprint density at radius 3 is 2.60 bits per heavy atom. The first kappa shape index (κ1) is 19.6. The summed E-state index contributed by atoms with van der Waals surface area (Å²) in [4.78, 5) is 0. The second-order valence-electron chi connectivity index (χ2n) is 5.65. The minimum Gasteiger partial charge on any atom is -0.496 e. The number of para-hydroxylation sites is 1. The van der Waals surface area contributed by atoms with Gasteiger partial charge in [-0.2, -0.15) is 0 Å². The summed E-state index contributed by atoms with van der Waals surface area (Å²) in [5, 5.41) is 3.40. The minimum atomic E-state index is 0. The minimum absolute atomic E-state index is 0. The summed E-state index contributed by atoms with van der Waals surface area (Å²) in [6.45, 7) is 3.48. The number of aryl methyl sites for hydroxylation is 1. The summed E-state index contributed by atoms with van der Waals surface area (Å²) in [7, 11) is 1.69. The Hall–Kier alpha value is -1.75. The Balaban J connectivity index is 0.00000225. The molecule has 25 heavy (non-hydrogen) atoms. The lowest BCUT2D eigenvalue weighted by Gasteiger charge is -2.08. The Kier molecular flexibility index (Phi) is 7.12. The van der Waals surface area contributed by atoms with Crippen LogP contribution in [0.5, 0.6) is 5.75 Å². The molecule has 0 saturated carbocycles. The summed E-state index contributed by atoms with van der Waals surface area (Å²) in [5.41, 5.74) is 3.42. The van der Waals surface area contributed by atoms with Gasteiger partial charge in [0.15, 0.2) is 0 Å². The predicted octanol–water partition coefficient (Wildman–Crippen LogP) is 5.74. The number of methoxy groups -OCH3 is 1. The lowest BCUT2D eigenvalue weighted by Crippen LogP contribution is -2.12. The molecule has 3 nitrogen and oxygen atoms in total. The molecule has 0 unspecified atom stereocenters. The van der Waals surface area contributed by atoms with Crippen LogP contribution in [0.25, 0.3) is 11.3 Å². The summed E-state index contributed by atoms with van der Waals surface area (Å²) >= 11 is 3.52. The molecule has 0 saturated heterocycles. The molecular weight excluding hydrogens is 402 g/mol. The quantitative estimate of drug-likeness (QED) is 0.550. The van der Waals surface area contributed by atoms with E-state index in [9.17, 15) is 0 Å². The van der Waals surface area contributed by atoms with E-state index in [0.29, 0.717) is 6.54 Å². The number of furan rings is 1. The maximum atomic E-state index is 5.95. The zero-order valence-electron chi connectivity index (χ0n) is 14.2. The fourth-order valence-corrected chi connectivity index (χ4v) is 2.84. The summed E-state index contributed by atoms with van der Waals surface area (Å²) in [6, 6.07) is 18.3. The second-order valence-corrected chi connectivity index (χ2v) is 6.50. The molecule has 0 fully saturated rings. The van der Waals surface area contributed by atoms with Gasteiger partial charge in [-0.1, -0.05) is 40.2 Å². The molecule has 2 aromatic carbocycles. The van der Waals surface area contributed by atoms with E-state index in [1.807, 2.05) is 36.4 Å². The number of hydrogen-bond acceptors (Lipinski definition) is 3. The summed E-state index contributed by atoms with van der Waals surface area (Å²) in [5.74, 6) is 2.70. The molecular formula is C20H21BrClNO2. The first-order valence-corrected chi connectivity index (χ1v) is 8.64. The van der Waals surface area contributed by atoms with Gasteiger partial charge in [-0.15, -0.1) is 12.4 Å². The molecule has 0 aliphatic rings. The van der Waals surface area contributed by atoms with Crippen LogP contribution in [-0.4, -0.2) is 7.11 Å². The van der Waals surface area contributed by atoms with E-state index >= 15 is 0 Å². The van der Waals surface area contributed by atoms with Crippen LogP contribution in [0.15, 0.2) is 63.5 Å². The van der Waals surface area contributed by atoms with Crippen LogP contribution in [0, 0.1) is 6.92 Å². The van der Waals surface area contributed by atoms with Crippen molar-refractivity contribution >= 4 is 28.3 Å². The smallest absolute Gasteiger partial charge is 0.134 e. The monoisotopic (exact) mass is 421 g/mol. The lowest BCUT2D eigenvalue weighted by molar-refractivity contribution is 0.406. The Labute approximate surface area is 162 Å². The van der Waals surface area contributed by atoms with Crippen molar-refractivity contribution in [3.8, 4) is 17.1 Å². The molecule has 3 rings (SSSR count). The first-order valence-electron chi connectivity index (χ1n) is 7.85. The zero-order chi connectivity index (χ0) is 16.9. The molecule has 0 spiro atoms. The van der Waals surface area contributed by atoms with Crippen LogP contribution in [0.3, 0.4) is 0 Å². The molecule has 132 valence electrons. The molecule has 1 aromatic heterocycles. The summed E-state index contributed by atoms with van der Waals surface area (Å²) in [6.07, 6.45) is 0. The van der Waals surface area contributed by atoms with Crippen LogP contribution >= 0.6 is 28.3 Å². The molecule has 5 heteroatoms. The van der Waals surface area contributed by atoms with Crippen molar-refractivity contribution in [3.63, 3.8) is 0 Å². The van der Waals surface area contributed by atoms with Crippen molar-refractivity contribution in [2.45, 2.75) is 20.0 Å². The average Bonchev–Trinajstić information content (AvgIpc) is 3.06. The van der Waals surface area contributed by atoms with Gasteiger partial charge >= 0.3 is 0 Å². The van der Waals surface area contributed by atoms with Gasteiger partial charge in [0.1, 0.15) is 17.3 Å². The maximum absolute atomic E-state index is 5.95. The van der Waals surface area contributed by atoms with Crippen LogP contribution < -0.4 is 10.1 Å². The average molecular weight is 423 g/mol. The number of hydrogen-bond donors (Lipinski definition) is 1. The van der Waals surface area contributed by atoms with Gasteiger partial charge in [-0.05, 0) is 42.8 Å². The van der Waals surface area contributed by atoms with Gasteiger partial charge in [0, 0.05) is 22.1 Å². The van der Waals surface area contributed by atoms with E-state index in [1.165, 1.54) is 5.56 Å². The fraction of sp³-hybridized carbons (Fsp3) is 0.200. The number of benzene rings is 2. The Morgan fingerprint density at radius 1 is 1.04 bits per heavy atom. The molecule has 0 atom stereocenters. The Bertz CT molecular complexity index is 832. The van der Waals surface area contributed by atoms with E-state index in [-0.39, 0.29) is 12.4 Å². The van der Waals surface area contributed by atoms with Crippen LogP contribution in [-0.2, 0) is 13.1 Å². The third-order valence-electron chi connectivity index (χ3n) is 3.91. The fourth-order valence-electron chi connectivity index (χ4n) is 2.60. The topological polar surface area (TPSA) is 34.4 Å². The predicted molar refractivity (Wildman–Crippen MR) is 107 cm³/mol. The van der Waals surface area contributed by atoms with Crippen molar-refractivity contribution in [1.29, 1.82) is 0 Å². The van der Waals surface area contributed by atoms with Crippen molar-refractivity contribution in [2.75, 3.05) is 7.11 Å². The van der Waals surface area contributed by atoms with Crippen molar-refractivity contribution in [2.24, 2.45) is 0 Å². The van der Waals surface area contributed by atoms with Crippen LogP contribution in [0.4, 0.5) is 0 Å². The highest BCUT2D eigenvalue weighted by atomic mass is 79.9. The largest absolute Gasteiger partial charge is 0.496 e. The van der Waals surface area contributed by atoms with E-state index in [2.05, 4.69) is 46.4 Å². The van der Waals surface area contributed by atoms with Crippen molar-refractivity contribution < 1.29 is 9.15 Å². The summed E-state index contributed by atoms with van der Waals surface area (Å²) < 4.78 is 12.4. The third-order valence-corrected chi connectivity index (χ3v) is 4.80. The van der Waals surface area contributed by atoms with E-state index in [4.69, 9.17) is 9.15 Å². The highest BCUT2D eigenvalue weighted by Crippen LogP contribution is 2.26.